The standard InChI is InChI=1S/C23H26ClN3O5S/c1-31-16-6-2-14(3-7-16)12-27-13-20(24)18-10-21(32-17-8-4-15(25)5-9-17)22(33(26,29)30)11-19(18)23(27)28/h2-3,6-7,10-11,13,15,17H,4-5,8-9,12,25H2,1H3,(H2,26,29,30). The lowest BCUT2D eigenvalue weighted by molar-refractivity contribution is 0.143. The van der Waals surface area contributed by atoms with Crippen molar-refractivity contribution in [3.05, 3.63) is 63.5 Å². The Morgan fingerprint density at radius 1 is 1.09 bits per heavy atom. The van der Waals surface area contributed by atoms with E-state index >= 15 is 0 Å². The summed E-state index contributed by atoms with van der Waals surface area (Å²) in [6, 6.07) is 10.1. The first kappa shape index (κ1) is 23.6. The molecule has 0 unspecified atom stereocenters. The van der Waals surface area contributed by atoms with Crippen LogP contribution in [0.5, 0.6) is 11.5 Å². The molecular formula is C23H26ClN3O5S. The van der Waals surface area contributed by atoms with Crippen molar-refractivity contribution >= 4 is 32.4 Å². The van der Waals surface area contributed by atoms with Crippen LogP contribution in [0.3, 0.4) is 0 Å². The predicted molar refractivity (Wildman–Crippen MR) is 128 cm³/mol. The van der Waals surface area contributed by atoms with Gasteiger partial charge in [-0.15, -0.1) is 0 Å². The zero-order valence-corrected chi connectivity index (χ0v) is 19.7. The zero-order valence-electron chi connectivity index (χ0n) is 18.2. The lowest BCUT2D eigenvalue weighted by Crippen LogP contribution is -2.32. The fourth-order valence-electron chi connectivity index (χ4n) is 4.10. The molecule has 1 fully saturated rings. The Hall–Kier alpha value is -2.59. The number of halogens is 1. The number of aromatic nitrogens is 1. The third-order valence-electron chi connectivity index (χ3n) is 5.93. The molecule has 2 aromatic carbocycles. The van der Waals surface area contributed by atoms with E-state index in [1.165, 1.54) is 22.9 Å². The normalized spacial score (nSPS) is 18.9. The van der Waals surface area contributed by atoms with Crippen molar-refractivity contribution in [2.24, 2.45) is 10.9 Å². The van der Waals surface area contributed by atoms with Gasteiger partial charge in [0.05, 0.1) is 30.2 Å². The lowest BCUT2D eigenvalue weighted by Gasteiger charge is -2.27. The average molecular weight is 492 g/mol. The number of fused-ring (bicyclic) bond motifs is 1. The van der Waals surface area contributed by atoms with Crippen molar-refractivity contribution in [2.45, 2.75) is 49.3 Å². The summed E-state index contributed by atoms with van der Waals surface area (Å²) in [7, 11) is -2.57. The first-order valence-electron chi connectivity index (χ1n) is 10.6. The molecule has 0 atom stereocenters. The Labute approximate surface area is 197 Å². The van der Waals surface area contributed by atoms with Crippen LogP contribution >= 0.6 is 11.6 Å². The molecule has 176 valence electrons. The Balaban J connectivity index is 1.76. The van der Waals surface area contributed by atoms with Gasteiger partial charge in [0.25, 0.3) is 5.56 Å². The van der Waals surface area contributed by atoms with E-state index in [1.807, 2.05) is 12.1 Å². The molecule has 0 aliphatic heterocycles. The molecule has 0 spiro atoms. The summed E-state index contributed by atoms with van der Waals surface area (Å²) in [5.41, 5.74) is 6.42. The minimum absolute atomic E-state index is 0.0969. The molecule has 0 radical (unpaired) electrons. The molecule has 3 aromatic rings. The van der Waals surface area contributed by atoms with Crippen LogP contribution in [0.25, 0.3) is 10.8 Å². The summed E-state index contributed by atoms with van der Waals surface area (Å²) >= 11 is 6.52. The summed E-state index contributed by atoms with van der Waals surface area (Å²) in [6.07, 6.45) is 4.36. The van der Waals surface area contributed by atoms with Gasteiger partial charge in [-0.1, -0.05) is 23.7 Å². The summed E-state index contributed by atoms with van der Waals surface area (Å²) in [6.45, 7) is 0.254. The van der Waals surface area contributed by atoms with Crippen LogP contribution in [0.1, 0.15) is 31.2 Å². The molecule has 10 heteroatoms. The number of rotatable bonds is 6. The molecule has 8 nitrogen and oxygen atoms in total. The van der Waals surface area contributed by atoms with Crippen molar-refractivity contribution < 1.29 is 17.9 Å². The van der Waals surface area contributed by atoms with E-state index in [4.69, 9.17) is 31.9 Å². The zero-order chi connectivity index (χ0) is 23.8. The Morgan fingerprint density at radius 3 is 2.36 bits per heavy atom. The van der Waals surface area contributed by atoms with Crippen LogP contribution in [0.4, 0.5) is 0 Å². The highest BCUT2D eigenvalue weighted by molar-refractivity contribution is 7.89. The van der Waals surface area contributed by atoms with Crippen LogP contribution in [-0.4, -0.2) is 32.2 Å². The van der Waals surface area contributed by atoms with Gasteiger partial charge in [0.15, 0.2) is 0 Å². The highest BCUT2D eigenvalue weighted by Gasteiger charge is 2.25. The molecular weight excluding hydrogens is 466 g/mol. The van der Waals surface area contributed by atoms with Crippen LogP contribution in [0, 0.1) is 0 Å². The number of nitrogens with zero attached hydrogens (tertiary/aromatic N) is 1. The summed E-state index contributed by atoms with van der Waals surface area (Å²) in [5, 5.41) is 6.33. The summed E-state index contributed by atoms with van der Waals surface area (Å²) in [5.74, 6) is 0.799. The maximum atomic E-state index is 13.2. The number of methoxy groups -OCH3 is 1. The molecule has 1 aromatic heterocycles. The van der Waals surface area contributed by atoms with E-state index in [9.17, 15) is 13.2 Å². The van der Waals surface area contributed by atoms with E-state index in [0.717, 1.165) is 18.4 Å². The second kappa shape index (κ2) is 9.34. The maximum Gasteiger partial charge on any atom is 0.258 e. The van der Waals surface area contributed by atoms with Crippen LogP contribution in [0.2, 0.25) is 5.02 Å². The first-order valence-corrected chi connectivity index (χ1v) is 12.5. The molecule has 1 aliphatic rings. The largest absolute Gasteiger partial charge is 0.497 e. The number of hydrogen-bond donors (Lipinski definition) is 2. The second-order valence-corrected chi connectivity index (χ2v) is 10.2. The van der Waals surface area contributed by atoms with Gasteiger partial charge >= 0.3 is 0 Å². The molecule has 0 amide bonds. The fourth-order valence-corrected chi connectivity index (χ4v) is 5.04. The first-order chi connectivity index (χ1) is 15.7. The third-order valence-corrected chi connectivity index (χ3v) is 7.17. The van der Waals surface area contributed by atoms with Crippen molar-refractivity contribution in [1.29, 1.82) is 0 Å². The van der Waals surface area contributed by atoms with Gasteiger partial charge in [0.1, 0.15) is 16.4 Å². The van der Waals surface area contributed by atoms with Crippen molar-refractivity contribution in [2.75, 3.05) is 7.11 Å². The Kier molecular flexibility index (Phi) is 6.67. The van der Waals surface area contributed by atoms with E-state index in [-0.39, 0.29) is 40.3 Å². The van der Waals surface area contributed by atoms with Gasteiger partial charge in [-0.3, -0.25) is 4.79 Å². The third kappa shape index (κ3) is 5.16. The van der Waals surface area contributed by atoms with Crippen molar-refractivity contribution in [3.63, 3.8) is 0 Å². The molecule has 1 saturated carbocycles. The minimum atomic E-state index is -4.15. The van der Waals surface area contributed by atoms with Crippen LogP contribution in [-0.2, 0) is 16.6 Å². The molecule has 1 aliphatic carbocycles. The van der Waals surface area contributed by atoms with Crippen LogP contribution in [0.15, 0.2) is 52.3 Å². The smallest absolute Gasteiger partial charge is 0.258 e. The molecule has 33 heavy (non-hydrogen) atoms. The summed E-state index contributed by atoms with van der Waals surface area (Å²) < 4.78 is 37.3. The summed E-state index contributed by atoms with van der Waals surface area (Å²) in [4.78, 5) is 13.0. The topological polar surface area (TPSA) is 127 Å². The Bertz CT molecular complexity index is 1330. The van der Waals surface area contributed by atoms with Gasteiger partial charge in [-0.05, 0) is 55.5 Å². The number of ether oxygens (including phenoxy) is 2. The highest BCUT2D eigenvalue weighted by atomic mass is 35.5. The highest BCUT2D eigenvalue weighted by Crippen LogP contribution is 2.34. The molecule has 0 bridgehead atoms. The van der Waals surface area contributed by atoms with Gasteiger partial charge < -0.3 is 19.8 Å². The van der Waals surface area contributed by atoms with E-state index in [1.54, 1.807) is 19.2 Å². The predicted octanol–water partition coefficient (Wildman–Crippen LogP) is 3.01. The quantitative estimate of drug-likeness (QED) is 0.545. The van der Waals surface area contributed by atoms with E-state index in [2.05, 4.69) is 0 Å². The Morgan fingerprint density at radius 2 is 1.76 bits per heavy atom. The van der Waals surface area contributed by atoms with Gasteiger partial charge in [0, 0.05) is 17.6 Å². The van der Waals surface area contributed by atoms with E-state index < -0.39 is 10.0 Å². The van der Waals surface area contributed by atoms with Crippen LogP contribution < -0.4 is 25.9 Å². The second-order valence-electron chi connectivity index (χ2n) is 8.30. The number of nitrogens with two attached hydrogens (primary N) is 2. The van der Waals surface area contributed by atoms with Crippen molar-refractivity contribution in [3.8, 4) is 11.5 Å². The van der Waals surface area contributed by atoms with Crippen molar-refractivity contribution in [1.82, 2.24) is 4.57 Å². The lowest BCUT2D eigenvalue weighted by atomic mass is 9.94. The maximum absolute atomic E-state index is 13.2. The van der Waals surface area contributed by atoms with E-state index in [0.29, 0.717) is 29.0 Å². The number of benzene rings is 2. The van der Waals surface area contributed by atoms with Gasteiger partial charge in [-0.25, -0.2) is 13.6 Å². The molecule has 4 rings (SSSR count). The SMILES string of the molecule is COc1ccc(Cn2cc(Cl)c3cc(OC4CCC(N)CC4)c(S(N)(=O)=O)cc3c2=O)cc1. The minimum Gasteiger partial charge on any atom is -0.497 e. The number of hydrogen-bond acceptors (Lipinski definition) is 6. The molecule has 0 saturated heterocycles. The van der Waals surface area contributed by atoms with Gasteiger partial charge in [0.2, 0.25) is 10.0 Å². The molecule has 1 heterocycles. The number of primary sulfonamides is 1. The average Bonchev–Trinajstić information content (AvgIpc) is 2.78. The molecule has 4 N–H and O–H groups in total. The monoisotopic (exact) mass is 491 g/mol. The number of sulfonamides is 1. The van der Waals surface area contributed by atoms with Gasteiger partial charge in [-0.2, -0.15) is 0 Å². The fraction of sp³-hybridized carbons (Fsp3) is 0.348. The number of pyridine rings is 1.